The number of nitrogens with zero attached hydrogens (tertiary/aromatic N) is 18. The van der Waals surface area contributed by atoms with Crippen molar-refractivity contribution >= 4 is 160 Å². The highest BCUT2D eigenvalue weighted by molar-refractivity contribution is 6.43. The Labute approximate surface area is 824 Å². The molecule has 3 aromatic carbocycles. The molecule has 0 bridgehead atoms. The van der Waals surface area contributed by atoms with Gasteiger partial charge in [-0.25, -0.2) is 54.5 Å². The first-order chi connectivity index (χ1) is 65.6. The molecule has 720 valence electrons. The van der Waals surface area contributed by atoms with Crippen molar-refractivity contribution in [2.24, 2.45) is 0 Å². The quantitative estimate of drug-likeness (QED) is 0.0316. The molecule has 4 atom stereocenters. The van der Waals surface area contributed by atoms with E-state index in [0.29, 0.717) is 50.5 Å². The Morgan fingerprint density at radius 2 is 0.719 bits per heavy atom. The molecule has 3 saturated heterocycles. The summed E-state index contributed by atoms with van der Waals surface area (Å²) in [4.78, 5) is 118. The van der Waals surface area contributed by atoms with Crippen LogP contribution >= 0.6 is 81.2 Å². The van der Waals surface area contributed by atoms with Gasteiger partial charge in [-0.1, -0.05) is 142 Å². The number of halogens is 16. The molecule has 12 aromatic rings. The van der Waals surface area contributed by atoms with Crippen LogP contribution in [0.15, 0.2) is 107 Å². The average molecular weight is 2050 g/mol. The SMILES string of the molecule is C=CC(=O)N1CCN(c2c(C#N)c(=O)n(-c3c(C)ccnc3C(C)C)c3nc(-c4c(F)c(F)c(F)c(F)c4F)c(Cl)cc23)CC1.C=CC(=O)N1[C@H](C)CN(c2c(C#N)c(=O)n(-c3c(C)ccnc3C(C)C)c3nc(-c4c(Cl)c(N)c(F)c(F)c4Cl)c(Cl)cc23)C[C@@H]1C.C=CC(=O)N1[C@H](C)CN(c2c(C#N)c(=O)n(-c3c(C)ccnc3C(C)C)c3nc(-c4c(N)c(Cl)c(F)c(Cl)c4F)c(Cl)cc23)C[C@@H]1C. The molecule has 0 radical (unpaired) electrons. The fourth-order valence-corrected chi connectivity index (χ4v) is 19.8. The lowest BCUT2D eigenvalue weighted by Crippen LogP contribution is -2.58. The normalized spacial score (nSPS) is 15.5. The fourth-order valence-electron chi connectivity index (χ4n) is 18.0. The van der Waals surface area contributed by atoms with Crippen LogP contribution in [-0.2, 0) is 14.4 Å². The summed E-state index contributed by atoms with van der Waals surface area (Å²) in [5.74, 6) is -17.8. The summed E-state index contributed by atoms with van der Waals surface area (Å²) < 4.78 is 136. The van der Waals surface area contributed by atoms with Gasteiger partial charge in [-0.3, -0.25) is 57.4 Å². The van der Waals surface area contributed by atoms with Gasteiger partial charge in [0.25, 0.3) is 16.7 Å². The number of benzene rings is 3. The molecule has 15 rings (SSSR count). The second-order valence-electron chi connectivity index (χ2n) is 34.2. The summed E-state index contributed by atoms with van der Waals surface area (Å²) in [5.41, 5.74) is 9.11. The number of nitriles is 3. The standard InChI is InChI=1S/2C33H30Cl3F2N7O2.C31H24ClF5N6O2/c1-7-21(46)44-16(5)12-43(13-17(44)6)31-18-10-20(34)29(22-25(37)23(35)26(38)24(36)27(22)40)42-32(18)45(33(47)19(31)11-39)30-15(4)8-9-41-28(30)14(2)3;1-7-21(46)44-16(5)12-43(13-17(44)6)31-18-10-20(34)29(22-23(35)25(37)26(38)27(40)24(22)36)42-32(18)45(33(47)19(31)11-39)30-15(4)8-9-41-28(30)14(2)3;1-5-19(44)41-8-10-42(11-9-41)29-16-12-18(32)27(20-21(33)23(35)25(37)24(36)22(20)34)40-30(16)43(31(45)17(29)13-38)28-15(4)6-7-39-26(28)14(2)3/h2*7-10,14,16-17H,1,12-13,40H2,2-6H3;5-7,12,14H,1,8-11H2,2-4H3/t2*16-,17+;. The van der Waals surface area contributed by atoms with Gasteiger partial charge < -0.3 is 40.9 Å². The number of piperazine rings is 3. The summed E-state index contributed by atoms with van der Waals surface area (Å²) in [6, 6.07) is 14.0. The number of amides is 3. The summed E-state index contributed by atoms with van der Waals surface area (Å²) in [5, 5.41) is 28.6. The van der Waals surface area contributed by atoms with Gasteiger partial charge in [-0.2, -0.15) is 15.8 Å². The summed E-state index contributed by atoms with van der Waals surface area (Å²) >= 11 is 44.8. The number of aromatic nitrogens is 9. The number of carbonyl (C=O) groups excluding carboxylic acids is 3. The molecule has 0 spiro atoms. The van der Waals surface area contributed by atoms with E-state index in [-0.39, 0.29) is 206 Å². The predicted molar refractivity (Wildman–Crippen MR) is 521 cm³/mol. The number of pyridine rings is 9. The smallest absolute Gasteiger partial charge is 0.276 e. The monoisotopic (exact) mass is 2040 g/mol. The minimum Gasteiger partial charge on any atom is -0.397 e. The first kappa shape index (κ1) is 103. The number of aryl methyl sites for hydroxylation is 3. The van der Waals surface area contributed by atoms with E-state index in [2.05, 4.69) is 51.8 Å². The molecule has 3 fully saturated rings. The Bertz CT molecular complexity index is 7200. The van der Waals surface area contributed by atoms with Crippen LogP contribution in [0, 0.1) is 107 Å². The van der Waals surface area contributed by atoms with Crippen LogP contribution in [0.2, 0.25) is 35.2 Å². The van der Waals surface area contributed by atoms with Gasteiger partial charge in [0.2, 0.25) is 23.5 Å². The molecular weight excluding hydrogens is 1960 g/mol. The van der Waals surface area contributed by atoms with Gasteiger partial charge in [-0.15, -0.1) is 0 Å². The van der Waals surface area contributed by atoms with Crippen molar-refractivity contribution in [3.05, 3.63) is 262 Å². The fraction of sp³-hybridized carbons (Fsp3) is 0.289. The summed E-state index contributed by atoms with van der Waals surface area (Å²) in [6.45, 7) is 36.4. The molecule has 3 aliphatic rings. The zero-order valence-electron chi connectivity index (χ0n) is 76.4. The van der Waals surface area contributed by atoms with Gasteiger partial charge >= 0.3 is 0 Å². The Morgan fingerprint density at radius 1 is 0.403 bits per heavy atom. The van der Waals surface area contributed by atoms with Crippen LogP contribution in [0.1, 0.15) is 137 Å². The molecule has 4 N–H and O–H groups in total. The molecular formula is C97H84Cl7F9N20O6. The van der Waals surface area contributed by atoms with Gasteiger partial charge in [-0.05, 0) is 138 Å². The van der Waals surface area contributed by atoms with Crippen molar-refractivity contribution in [3.63, 3.8) is 0 Å². The van der Waals surface area contributed by atoms with Crippen LogP contribution in [-0.4, -0.2) is 153 Å². The minimum atomic E-state index is -2.36. The number of carbonyl (C=O) groups is 3. The van der Waals surface area contributed by atoms with Crippen molar-refractivity contribution in [3.8, 4) is 69.0 Å². The highest BCUT2D eigenvalue weighted by Gasteiger charge is 2.41. The third kappa shape index (κ3) is 18.0. The van der Waals surface area contributed by atoms with Crippen LogP contribution < -0.4 is 42.8 Å². The van der Waals surface area contributed by atoms with Gasteiger partial charge in [0.1, 0.15) is 61.9 Å². The average Bonchev–Trinajstić information content (AvgIpc) is 0.726. The molecule has 0 saturated carbocycles. The van der Waals surface area contributed by atoms with Crippen molar-refractivity contribution in [1.82, 2.24) is 58.3 Å². The minimum absolute atomic E-state index is 0.00155. The number of fused-ring (bicyclic) bond motifs is 3. The topological polar surface area (TPSA) is 337 Å². The Balaban J connectivity index is 0.000000176. The molecule has 26 nitrogen and oxygen atoms in total. The van der Waals surface area contributed by atoms with Crippen LogP contribution in [0.25, 0.3) is 83.9 Å². The first-order valence-electron chi connectivity index (χ1n) is 42.9. The Morgan fingerprint density at radius 3 is 1.04 bits per heavy atom. The summed E-state index contributed by atoms with van der Waals surface area (Å²) in [7, 11) is 0. The largest absolute Gasteiger partial charge is 0.397 e. The Hall–Kier alpha value is -13.3. The molecule has 12 heterocycles. The van der Waals surface area contributed by atoms with Crippen molar-refractivity contribution in [2.75, 3.05) is 78.5 Å². The van der Waals surface area contributed by atoms with Crippen molar-refractivity contribution < 1.29 is 53.9 Å². The number of anilines is 5. The van der Waals surface area contributed by atoms with Gasteiger partial charge in [0.15, 0.2) is 46.5 Å². The zero-order valence-corrected chi connectivity index (χ0v) is 81.7. The molecule has 0 aliphatic carbocycles. The van der Waals surface area contributed by atoms with Crippen molar-refractivity contribution in [1.29, 1.82) is 15.8 Å². The zero-order chi connectivity index (χ0) is 102. The van der Waals surface area contributed by atoms with E-state index >= 15 is 13.2 Å². The lowest BCUT2D eigenvalue weighted by Gasteiger charge is -2.45. The number of rotatable bonds is 15. The Kier molecular flexibility index (Phi) is 30.1. The van der Waals surface area contributed by atoms with E-state index in [1.165, 1.54) is 56.7 Å². The second kappa shape index (κ2) is 40.6. The molecule has 3 aliphatic heterocycles. The maximum atomic E-state index is 15.6. The number of nitrogens with two attached hydrogens (primary N) is 2. The molecule has 42 heteroatoms. The molecule has 0 unspecified atom stereocenters. The van der Waals surface area contributed by atoms with Gasteiger partial charge in [0, 0.05) is 117 Å². The predicted octanol–water partition coefficient (Wildman–Crippen LogP) is 20.3. The van der Waals surface area contributed by atoms with E-state index in [4.69, 9.17) is 103 Å². The number of hydrogen-bond acceptors (Lipinski definition) is 20. The lowest BCUT2D eigenvalue weighted by atomic mass is 10.0. The lowest BCUT2D eigenvalue weighted by molar-refractivity contribution is -0.131. The van der Waals surface area contributed by atoms with Crippen LogP contribution in [0.5, 0.6) is 0 Å². The third-order valence-electron chi connectivity index (χ3n) is 24.3. The molecule has 9 aromatic heterocycles. The summed E-state index contributed by atoms with van der Waals surface area (Å²) in [6.07, 6.45) is 8.41. The van der Waals surface area contributed by atoms with E-state index in [1.807, 2.05) is 85.1 Å². The van der Waals surface area contributed by atoms with E-state index in [9.17, 15) is 70.9 Å². The third-order valence-corrected chi connectivity index (χ3v) is 26.6. The highest BCUT2D eigenvalue weighted by Crippen LogP contribution is 2.50. The number of hydrogen-bond donors (Lipinski definition) is 2. The molecule has 139 heavy (non-hydrogen) atoms. The maximum Gasteiger partial charge on any atom is 0.276 e. The van der Waals surface area contributed by atoms with E-state index < -0.39 is 122 Å². The number of nitrogen functional groups attached to an aromatic ring is 2. The van der Waals surface area contributed by atoms with Crippen LogP contribution in [0.4, 0.5) is 68.0 Å². The highest BCUT2D eigenvalue weighted by atomic mass is 35.5. The second-order valence-corrected chi connectivity index (χ2v) is 36.9. The van der Waals surface area contributed by atoms with Crippen molar-refractivity contribution in [2.45, 2.75) is 132 Å². The van der Waals surface area contributed by atoms with E-state index in [1.54, 1.807) is 66.1 Å². The first-order valence-corrected chi connectivity index (χ1v) is 45.6. The van der Waals surface area contributed by atoms with Gasteiger partial charge in [0.05, 0.1) is 116 Å². The van der Waals surface area contributed by atoms with E-state index in [0.717, 1.165) is 4.57 Å². The maximum absolute atomic E-state index is 15.6. The van der Waals surface area contributed by atoms with Crippen LogP contribution in [0.3, 0.4) is 0 Å². The molecule has 3 amide bonds.